The Morgan fingerprint density at radius 2 is 1.59 bits per heavy atom. The molecule has 2 aromatic carbocycles. The Hall–Kier alpha value is -2.97. The summed E-state index contributed by atoms with van der Waals surface area (Å²) in [5.74, 6) is -1.04. The first-order valence-electron chi connectivity index (χ1n) is 10.7. The van der Waals surface area contributed by atoms with Crippen molar-refractivity contribution in [2.45, 2.75) is 37.1 Å². The molecule has 1 N–H and O–H groups in total. The number of ether oxygens (including phenoxy) is 1. The fourth-order valence-corrected chi connectivity index (χ4v) is 4.90. The zero-order chi connectivity index (χ0) is 22.8. The highest BCUT2D eigenvalue weighted by Crippen LogP contribution is 2.21. The third-order valence-electron chi connectivity index (χ3n) is 5.17. The molecular formula is C24H28N2O5S. The Balaban J connectivity index is 1.47. The van der Waals surface area contributed by atoms with Crippen LogP contribution >= 0.6 is 0 Å². The van der Waals surface area contributed by atoms with E-state index in [2.05, 4.69) is 5.32 Å². The van der Waals surface area contributed by atoms with Crippen LogP contribution in [-0.2, 0) is 30.9 Å². The van der Waals surface area contributed by atoms with Gasteiger partial charge < -0.3 is 10.1 Å². The molecule has 3 rings (SSSR count). The Labute approximate surface area is 189 Å². The molecule has 0 bridgehead atoms. The molecule has 0 atom stereocenters. The molecular weight excluding hydrogens is 428 g/mol. The van der Waals surface area contributed by atoms with E-state index in [9.17, 15) is 18.0 Å². The van der Waals surface area contributed by atoms with Crippen molar-refractivity contribution >= 4 is 28.0 Å². The van der Waals surface area contributed by atoms with Crippen molar-refractivity contribution in [1.29, 1.82) is 0 Å². The van der Waals surface area contributed by atoms with E-state index in [0.717, 1.165) is 31.2 Å². The van der Waals surface area contributed by atoms with Gasteiger partial charge >= 0.3 is 5.97 Å². The second-order valence-electron chi connectivity index (χ2n) is 7.59. The minimum absolute atomic E-state index is 0.245. The van der Waals surface area contributed by atoms with Gasteiger partial charge in [-0.3, -0.25) is 4.79 Å². The predicted molar refractivity (Wildman–Crippen MR) is 122 cm³/mol. The number of hydrogen-bond donors (Lipinski definition) is 1. The van der Waals surface area contributed by atoms with Gasteiger partial charge in [-0.05, 0) is 42.2 Å². The Kier molecular flexibility index (Phi) is 8.58. The lowest BCUT2D eigenvalue weighted by atomic mass is 10.2. The maximum Gasteiger partial charge on any atom is 0.331 e. The van der Waals surface area contributed by atoms with Crippen molar-refractivity contribution in [3.05, 3.63) is 71.8 Å². The number of nitrogens with zero attached hydrogens (tertiary/aromatic N) is 1. The van der Waals surface area contributed by atoms with E-state index in [4.69, 9.17) is 4.74 Å². The van der Waals surface area contributed by atoms with Crippen molar-refractivity contribution < 1.29 is 22.7 Å². The number of benzene rings is 2. The molecule has 170 valence electrons. The number of carbonyl (C=O) groups is 2. The van der Waals surface area contributed by atoms with Gasteiger partial charge in [0.25, 0.3) is 5.91 Å². The molecule has 8 heteroatoms. The van der Waals surface area contributed by atoms with Gasteiger partial charge in [0.2, 0.25) is 10.0 Å². The van der Waals surface area contributed by atoms with Crippen LogP contribution in [-0.4, -0.2) is 44.3 Å². The Morgan fingerprint density at radius 3 is 2.25 bits per heavy atom. The summed E-state index contributed by atoms with van der Waals surface area (Å²) >= 11 is 0. The molecule has 1 saturated heterocycles. The summed E-state index contributed by atoms with van der Waals surface area (Å²) in [5, 5.41) is 2.68. The van der Waals surface area contributed by atoms with Crippen molar-refractivity contribution in [3.63, 3.8) is 0 Å². The van der Waals surface area contributed by atoms with Gasteiger partial charge in [-0.2, -0.15) is 4.31 Å². The average Bonchev–Trinajstić information content (AvgIpc) is 3.11. The molecule has 32 heavy (non-hydrogen) atoms. The van der Waals surface area contributed by atoms with Crippen LogP contribution in [0.5, 0.6) is 0 Å². The summed E-state index contributed by atoms with van der Waals surface area (Å²) < 4.78 is 32.1. The summed E-state index contributed by atoms with van der Waals surface area (Å²) in [4.78, 5) is 23.9. The van der Waals surface area contributed by atoms with Gasteiger partial charge in [0.05, 0.1) is 4.90 Å². The molecule has 0 aromatic heterocycles. The first kappa shape index (κ1) is 23.7. The molecule has 1 amide bonds. The number of rotatable bonds is 8. The minimum atomic E-state index is -3.50. The maximum atomic E-state index is 12.8. The van der Waals surface area contributed by atoms with E-state index in [1.54, 1.807) is 28.6 Å². The molecule has 0 saturated carbocycles. The number of esters is 1. The van der Waals surface area contributed by atoms with Crippen LogP contribution in [0.3, 0.4) is 0 Å². The SMILES string of the molecule is O=C(COC(=O)C=Cc1ccc(S(=O)(=O)N2CCCCCC2)cc1)NCc1ccccc1. The molecule has 0 unspecified atom stereocenters. The van der Waals surface area contributed by atoms with Crippen LogP contribution in [0.1, 0.15) is 36.8 Å². The number of carbonyl (C=O) groups excluding carboxylic acids is 2. The van der Waals surface area contributed by atoms with Gasteiger partial charge in [0.1, 0.15) is 0 Å². The zero-order valence-corrected chi connectivity index (χ0v) is 18.7. The fraction of sp³-hybridized carbons (Fsp3) is 0.333. The predicted octanol–water partition coefficient (Wildman–Crippen LogP) is 3.12. The first-order chi connectivity index (χ1) is 15.4. The third kappa shape index (κ3) is 7.03. The normalized spacial score (nSPS) is 15.2. The van der Waals surface area contributed by atoms with E-state index in [0.29, 0.717) is 25.2 Å². The van der Waals surface area contributed by atoms with Gasteiger partial charge in [-0.1, -0.05) is 55.3 Å². The summed E-state index contributed by atoms with van der Waals surface area (Å²) in [7, 11) is -3.50. The molecule has 0 spiro atoms. The number of nitrogens with one attached hydrogen (secondary N) is 1. The molecule has 1 fully saturated rings. The van der Waals surface area contributed by atoms with Gasteiger partial charge in [-0.15, -0.1) is 0 Å². The minimum Gasteiger partial charge on any atom is -0.452 e. The summed E-state index contributed by atoms with van der Waals surface area (Å²) in [6, 6.07) is 15.8. The number of sulfonamides is 1. The van der Waals surface area contributed by atoms with Crippen molar-refractivity contribution in [2.75, 3.05) is 19.7 Å². The molecule has 2 aromatic rings. The smallest absolute Gasteiger partial charge is 0.331 e. The van der Waals surface area contributed by atoms with Crippen LogP contribution in [0.15, 0.2) is 65.6 Å². The molecule has 1 aliphatic heterocycles. The Morgan fingerprint density at radius 1 is 0.938 bits per heavy atom. The van der Waals surface area contributed by atoms with Gasteiger partial charge in [0.15, 0.2) is 6.61 Å². The van der Waals surface area contributed by atoms with Crippen molar-refractivity contribution in [3.8, 4) is 0 Å². The highest BCUT2D eigenvalue weighted by molar-refractivity contribution is 7.89. The lowest BCUT2D eigenvalue weighted by Crippen LogP contribution is -2.31. The fourth-order valence-electron chi connectivity index (χ4n) is 3.38. The van der Waals surface area contributed by atoms with Gasteiger partial charge in [0, 0.05) is 25.7 Å². The highest BCUT2D eigenvalue weighted by Gasteiger charge is 2.24. The van der Waals surface area contributed by atoms with E-state index in [-0.39, 0.29) is 11.5 Å². The molecule has 7 nitrogen and oxygen atoms in total. The van der Waals surface area contributed by atoms with Crippen LogP contribution < -0.4 is 5.32 Å². The third-order valence-corrected chi connectivity index (χ3v) is 7.09. The highest BCUT2D eigenvalue weighted by atomic mass is 32.2. The van der Waals surface area contributed by atoms with Crippen LogP contribution in [0.2, 0.25) is 0 Å². The lowest BCUT2D eigenvalue weighted by molar-refractivity contribution is -0.143. The van der Waals surface area contributed by atoms with E-state index >= 15 is 0 Å². The molecule has 0 aliphatic carbocycles. The quantitative estimate of drug-likeness (QED) is 0.487. The summed E-state index contributed by atoms with van der Waals surface area (Å²) in [6.45, 7) is 1.09. The number of hydrogen-bond acceptors (Lipinski definition) is 5. The second-order valence-corrected chi connectivity index (χ2v) is 9.53. The van der Waals surface area contributed by atoms with E-state index in [1.165, 1.54) is 12.2 Å². The standard InChI is InChI=1S/C24H28N2O5S/c27-23(25-18-21-8-4-3-5-9-21)19-31-24(28)15-12-20-10-13-22(14-11-20)32(29,30)26-16-6-1-2-7-17-26/h3-5,8-15H,1-2,6-7,16-19H2,(H,25,27). The lowest BCUT2D eigenvalue weighted by Gasteiger charge is -2.19. The Bertz CT molecular complexity index is 1030. The van der Waals surface area contributed by atoms with E-state index < -0.39 is 21.9 Å². The maximum absolute atomic E-state index is 12.8. The average molecular weight is 457 g/mol. The van der Waals surface area contributed by atoms with Crippen molar-refractivity contribution in [1.82, 2.24) is 9.62 Å². The molecule has 0 radical (unpaired) electrons. The van der Waals surface area contributed by atoms with E-state index in [1.807, 2.05) is 30.3 Å². The van der Waals surface area contributed by atoms with Crippen LogP contribution in [0, 0.1) is 0 Å². The van der Waals surface area contributed by atoms with Gasteiger partial charge in [-0.25, -0.2) is 13.2 Å². The molecule has 1 heterocycles. The van der Waals surface area contributed by atoms with Crippen LogP contribution in [0.4, 0.5) is 0 Å². The monoisotopic (exact) mass is 456 g/mol. The molecule has 1 aliphatic rings. The van der Waals surface area contributed by atoms with Crippen LogP contribution in [0.25, 0.3) is 6.08 Å². The number of amides is 1. The zero-order valence-electron chi connectivity index (χ0n) is 17.9. The summed E-state index contributed by atoms with van der Waals surface area (Å²) in [6.07, 6.45) is 6.61. The second kappa shape index (κ2) is 11.6. The van der Waals surface area contributed by atoms with Crippen molar-refractivity contribution in [2.24, 2.45) is 0 Å². The summed E-state index contributed by atoms with van der Waals surface area (Å²) in [5.41, 5.74) is 1.61. The first-order valence-corrected chi connectivity index (χ1v) is 12.1. The largest absolute Gasteiger partial charge is 0.452 e. The topological polar surface area (TPSA) is 92.8 Å².